The van der Waals surface area contributed by atoms with Crippen molar-refractivity contribution in [3.63, 3.8) is 0 Å². The first-order chi connectivity index (χ1) is 14.4. The molecule has 0 saturated carbocycles. The molecule has 0 spiro atoms. The van der Waals surface area contributed by atoms with Crippen LogP contribution in [0.25, 0.3) is 22.2 Å². The Bertz CT molecular complexity index is 1290. The zero-order valence-electron chi connectivity index (χ0n) is 16.6. The predicted molar refractivity (Wildman–Crippen MR) is 117 cm³/mol. The van der Waals surface area contributed by atoms with Crippen LogP contribution >= 0.6 is 11.6 Å². The molecule has 2 aromatic carbocycles. The van der Waals surface area contributed by atoms with E-state index >= 15 is 0 Å². The average Bonchev–Trinajstić information content (AvgIpc) is 3.07. The van der Waals surface area contributed by atoms with Crippen molar-refractivity contribution in [1.82, 2.24) is 15.1 Å². The second-order valence-electron chi connectivity index (χ2n) is 7.08. The molecule has 30 heavy (non-hydrogen) atoms. The standard InChI is InChI=1S/C23H20ClN3O3/c1-14-12-17-15(2)21(30-22(17)18(24)13-14)23(29)25-10-11-27-20(28)9-8-19(26-27)16-6-4-3-5-7-16/h3-9,12-13H,10-11H2,1-2H3,(H,25,29). The van der Waals surface area contributed by atoms with E-state index in [0.29, 0.717) is 16.3 Å². The number of fused-ring (bicyclic) bond motifs is 1. The molecule has 0 bridgehead atoms. The lowest BCUT2D eigenvalue weighted by molar-refractivity contribution is 0.0925. The number of carbonyl (C=O) groups is 1. The summed E-state index contributed by atoms with van der Waals surface area (Å²) in [6, 6.07) is 16.5. The molecule has 0 aliphatic rings. The molecule has 0 unspecified atom stereocenters. The van der Waals surface area contributed by atoms with E-state index < -0.39 is 0 Å². The maximum absolute atomic E-state index is 12.6. The van der Waals surface area contributed by atoms with Crippen LogP contribution in [0, 0.1) is 13.8 Å². The van der Waals surface area contributed by atoms with E-state index in [0.717, 1.165) is 22.1 Å². The zero-order chi connectivity index (χ0) is 21.3. The Morgan fingerprint density at radius 1 is 1.13 bits per heavy atom. The van der Waals surface area contributed by atoms with Gasteiger partial charge in [0, 0.05) is 29.1 Å². The van der Waals surface area contributed by atoms with Crippen LogP contribution in [0.15, 0.2) is 63.8 Å². The molecule has 6 nitrogen and oxygen atoms in total. The van der Waals surface area contributed by atoms with Crippen molar-refractivity contribution in [3.8, 4) is 11.3 Å². The van der Waals surface area contributed by atoms with Gasteiger partial charge in [-0.1, -0.05) is 41.9 Å². The zero-order valence-corrected chi connectivity index (χ0v) is 17.4. The number of hydrogen-bond acceptors (Lipinski definition) is 4. The summed E-state index contributed by atoms with van der Waals surface area (Å²) >= 11 is 6.25. The Hall–Kier alpha value is -3.38. The summed E-state index contributed by atoms with van der Waals surface area (Å²) in [6.07, 6.45) is 0. The van der Waals surface area contributed by atoms with Gasteiger partial charge < -0.3 is 9.73 Å². The fourth-order valence-corrected chi connectivity index (χ4v) is 3.67. The summed E-state index contributed by atoms with van der Waals surface area (Å²) in [5, 5.41) is 8.48. The number of aryl methyl sites for hydroxylation is 2. The van der Waals surface area contributed by atoms with Crippen molar-refractivity contribution in [2.24, 2.45) is 0 Å². The number of aromatic nitrogens is 2. The number of nitrogens with one attached hydrogen (secondary N) is 1. The van der Waals surface area contributed by atoms with Crippen LogP contribution in [0.5, 0.6) is 0 Å². The minimum Gasteiger partial charge on any atom is -0.449 e. The van der Waals surface area contributed by atoms with Gasteiger partial charge in [-0.25, -0.2) is 4.68 Å². The van der Waals surface area contributed by atoms with Gasteiger partial charge in [0.25, 0.3) is 11.5 Å². The number of amides is 1. The van der Waals surface area contributed by atoms with E-state index in [9.17, 15) is 9.59 Å². The summed E-state index contributed by atoms with van der Waals surface area (Å²) < 4.78 is 7.06. The molecule has 0 fully saturated rings. The number of carbonyl (C=O) groups excluding carboxylic acids is 1. The second-order valence-corrected chi connectivity index (χ2v) is 7.49. The highest BCUT2D eigenvalue weighted by Crippen LogP contribution is 2.32. The molecule has 152 valence electrons. The number of hydrogen-bond donors (Lipinski definition) is 1. The van der Waals surface area contributed by atoms with E-state index in [1.165, 1.54) is 10.7 Å². The first-order valence-corrected chi connectivity index (χ1v) is 9.93. The van der Waals surface area contributed by atoms with Crippen molar-refractivity contribution >= 4 is 28.5 Å². The van der Waals surface area contributed by atoms with E-state index in [4.69, 9.17) is 16.0 Å². The second kappa shape index (κ2) is 8.16. The monoisotopic (exact) mass is 421 g/mol. The van der Waals surface area contributed by atoms with Crippen LogP contribution in [-0.2, 0) is 6.54 Å². The molecular weight excluding hydrogens is 402 g/mol. The Labute approximate surface area is 178 Å². The molecule has 0 saturated heterocycles. The van der Waals surface area contributed by atoms with Gasteiger partial charge in [-0.15, -0.1) is 0 Å². The SMILES string of the molecule is Cc1cc(Cl)c2oc(C(=O)NCCn3nc(-c4ccccc4)ccc3=O)c(C)c2c1. The number of benzene rings is 2. The Morgan fingerprint density at radius 2 is 1.90 bits per heavy atom. The molecule has 0 atom stereocenters. The molecule has 0 radical (unpaired) electrons. The van der Waals surface area contributed by atoms with Gasteiger partial charge in [-0.3, -0.25) is 9.59 Å². The minimum absolute atomic E-state index is 0.218. The van der Waals surface area contributed by atoms with E-state index in [2.05, 4.69) is 10.4 Å². The topological polar surface area (TPSA) is 77.1 Å². The van der Waals surface area contributed by atoms with Gasteiger partial charge in [0.2, 0.25) is 0 Å². The van der Waals surface area contributed by atoms with Crippen LogP contribution in [0.2, 0.25) is 5.02 Å². The lowest BCUT2D eigenvalue weighted by atomic mass is 10.1. The van der Waals surface area contributed by atoms with Crippen LogP contribution in [0.3, 0.4) is 0 Å². The van der Waals surface area contributed by atoms with Crippen LogP contribution < -0.4 is 10.9 Å². The molecule has 1 N–H and O–H groups in total. The number of rotatable bonds is 5. The first-order valence-electron chi connectivity index (χ1n) is 9.55. The molecule has 4 rings (SSSR count). The molecule has 2 aromatic heterocycles. The average molecular weight is 422 g/mol. The van der Waals surface area contributed by atoms with Gasteiger partial charge in [0.15, 0.2) is 11.3 Å². The van der Waals surface area contributed by atoms with Crippen molar-refractivity contribution in [1.29, 1.82) is 0 Å². The molecule has 7 heteroatoms. The van der Waals surface area contributed by atoms with Gasteiger partial charge in [0.1, 0.15) is 0 Å². The number of furan rings is 1. The fraction of sp³-hybridized carbons (Fsp3) is 0.174. The van der Waals surface area contributed by atoms with E-state index in [1.54, 1.807) is 12.1 Å². The normalized spacial score (nSPS) is 11.0. The highest BCUT2D eigenvalue weighted by atomic mass is 35.5. The Kier molecular flexibility index (Phi) is 5.42. The largest absolute Gasteiger partial charge is 0.449 e. The number of halogens is 1. The lowest BCUT2D eigenvalue weighted by Crippen LogP contribution is -2.32. The van der Waals surface area contributed by atoms with Crippen LogP contribution in [-0.4, -0.2) is 22.2 Å². The maximum Gasteiger partial charge on any atom is 0.287 e. The highest BCUT2D eigenvalue weighted by molar-refractivity contribution is 6.35. The summed E-state index contributed by atoms with van der Waals surface area (Å²) in [5.41, 5.74) is 3.60. The maximum atomic E-state index is 12.6. The van der Waals surface area contributed by atoms with Crippen molar-refractivity contribution in [2.75, 3.05) is 6.54 Å². The van der Waals surface area contributed by atoms with Gasteiger partial charge in [0.05, 0.1) is 17.3 Å². The van der Waals surface area contributed by atoms with Gasteiger partial charge in [-0.05, 0) is 37.6 Å². The van der Waals surface area contributed by atoms with Crippen molar-refractivity contribution in [2.45, 2.75) is 20.4 Å². The lowest BCUT2D eigenvalue weighted by Gasteiger charge is -2.08. The highest BCUT2D eigenvalue weighted by Gasteiger charge is 2.19. The molecule has 0 aliphatic heterocycles. The van der Waals surface area contributed by atoms with Crippen LogP contribution in [0.4, 0.5) is 0 Å². The van der Waals surface area contributed by atoms with Crippen LogP contribution in [0.1, 0.15) is 21.7 Å². The van der Waals surface area contributed by atoms with Gasteiger partial charge >= 0.3 is 0 Å². The first kappa shape index (κ1) is 19.9. The summed E-state index contributed by atoms with van der Waals surface area (Å²) in [5.74, 6) is -0.138. The minimum atomic E-state index is -0.357. The molecule has 2 heterocycles. The predicted octanol–water partition coefficient (Wildman–Crippen LogP) is 4.36. The van der Waals surface area contributed by atoms with Crippen molar-refractivity contribution < 1.29 is 9.21 Å². The summed E-state index contributed by atoms with van der Waals surface area (Å²) in [4.78, 5) is 24.8. The third kappa shape index (κ3) is 3.86. The van der Waals surface area contributed by atoms with E-state index in [-0.39, 0.29) is 30.3 Å². The summed E-state index contributed by atoms with van der Waals surface area (Å²) in [6.45, 7) is 4.23. The third-order valence-corrected chi connectivity index (χ3v) is 5.17. The summed E-state index contributed by atoms with van der Waals surface area (Å²) in [7, 11) is 0. The Morgan fingerprint density at radius 3 is 2.67 bits per heavy atom. The quantitative estimate of drug-likeness (QED) is 0.519. The molecule has 4 aromatic rings. The third-order valence-electron chi connectivity index (χ3n) is 4.89. The van der Waals surface area contributed by atoms with E-state index in [1.807, 2.05) is 50.2 Å². The Balaban J connectivity index is 1.49. The number of nitrogens with zero attached hydrogens (tertiary/aromatic N) is 2. The van der Waals surface area contributed by atoms with Crippen molar-refractivity contribution in [3.05, 3.63) is 86.9 Å². The van der Waals surface area contributed by atoms with Gasteiger partial charge in [-0.2, -0.15) is 5.10 Å². The fourth-order valence-electron chi connectivity index (χ4n) is 3.36. The smallest absolute Gasteiger partial charge is 0.287 e. The molecular formula is C23H20ClN3O3. The molecule has 1 amide bonds. The molecule has 0 aliphatic carbocycles.